The number of thioether (sulfide) groups is 1. The highest BCUT2D eigenvalue weighted by atomic mass is 32.2. The summed E-state index contributed by atoms with van der Waals surface area (Å²) in [5, 5.41) is 10.0. The van der Waals surface area contributed by atoms with Crippen LogP contribution in [0.15, 0.2) is 0 Å². The zero-order valence-electron chi connectivity index (χ0n) is 8.91. The second-order valence-corrected chi connectivity index (χ2v) is 5.86. The van der Waals surface area contributed by atoms with Crippen LogP contribution in [0.4, 0.5) is 0 Å². The minimum Gasteiger partial charge on any atom is -0.396 e. The Balaban J connectivity index is 2.34. The topological polar surface area (TPSA) is 33.1 Å². The van der Waals surface area contributed by atoms with Crippen LogP contribution in [0, 0.1) is 19.8 Å². The molecule has 0 amide bonds. The van der Waals surface area contributed by atoms with E-state index in [0.717, 1.165) is 22.2 Å². The minimum atomic E-state index is 0.285. The second kappa shape index (κ2) is 5.73. The molecule has 0 spiro atoms. The molecule has 0 fully saturated rings. The molecular formula is C10H17NOS2. The lowest BCUT2D eigenvalue weighted by atomic mass is 10.2. The molecule has 1 atom stereocenters. The molecule has 0 aliphatic heterocycles. The fourth-order valence-corrected chi connectivity index (χ4v) is 3.35. The third-order valence-electron chi connectivity index (χ3n) is 1.95. The Morgan fingerprint density at radius 2 is 2.21 bits per heavy atom. The number of aromatic nitrogens is 1. The predicted molar refractivity (Wildman–Crippen MR) is 64.0 cm³/mol. The second-order valence-electron chi connectivity index (χ2n) is 3.54. The zero-order chi connectivity index (χ0) is 10.6. The molecule has 0 bridgehead atoms. The van der Waals surface area contributed by atoms with Gasteiger partial charge in [0, 0.05) is 17.2 Å². The van der Waals surface area contributed by atoms with Crippen molar-refractivity contribution in [2.24, 2.45) is 5.92 Å². The molecule has 0 radical (unpaired) electrons. The van der Waals surface area contributed by atoms with E-state index in [2.05, 4.69) is 18.8 Å². The Labute approximate surface area is 93.8 Å². The maximum absolute atomic E-state index is 8.87. The summed E-state index contributed by atoms with van der Waals surface area (Å²) in [6.45, 7) is 6.46. The first kappa shape index (κ1) is 12.0. The van der Waals surface area contributed by atoms with Gasteiger partial charge in [-0.2, -0.15) is 11.8 Å². The van der Waals surface area contributed by atoms with E-state index in [4.69, 9.17) is 5.11 Å². The van der Waals surface area contributed by atoms with Gasteiger partial charge in [-0.3, -0.25) is 0 Å². The first-order chi connectivity index (χ1) is 6.63. The van der Waals surface area contributed by atoms with Crippen molar-refractivity contribution in [3.05, 3.63) is 15.6 Å². The number of thiazole rings is 1. The normalized spacial score (nSPS) is 13.1. The van der Waals surface area contributed by atoms with E-state index in [-0.39, 0.29) is 6.61 Å². The average Bonchev–Trinajstić information content (AvgIpc) is 2.45. The highest BCUT2D eigenvalue weighted by Gasteiger charge is 2.06. The lowest BCUT2D eigenvalue weighted by molar-refractivity contribution is 0.250. The van der Waals surface area contributed by atoms with Crippen LogP contribution < -0.4 is 0 Å². The SMILES string of the molecule is Cc1nc(C)c(CSCC(C)CO)s1. The lowest BCUT2D eigenvalue weighted by Crippen LogP contribution is -2.03. The van der Waals surface area contributed by atoms with E-state index >= 15 is 0 Å². The number of hydrogen-bond donors (Lipinski definition) is 1. The van der Waals surface area contributed by atoms with Crippen molar-refractivity contribution in [2.45, 2.75) is 26.5 Å². The standard InChI is InChI=1S/C10H17NOS2/c1-7(4-12)5-13-6-10-8(2)11-9(3)14-10/h7,12H,4-6H2,1-3H3. The van der Waals surface area contributed by atoms with E-state index < -0.39 is 0 Å². The lowest BCUT2D eigenvalue weighted by Gasteiger charge is -2.05. The monoisotopic (exact) mass is 231 g/mol. The van der Waals surface area contributed by atoms with E-state index in [1.54, 1.807) is 11.3 Å². The number of hydrogen-bond acceptors (Lipinski definition) is 4. The van der Waals surface area contributed by atoms with Crippen molar-refractivity contribution in [3.8, 4) is 0 Å². The van der Waals surface area contributed by atoms with Crippen LogP contribution in [0.1, 0.15) is 22.5 Å². The van der Waals surface area contributed by atoms with Crippen molar-refractivity contribution >= 4 is 23.1 Å². The van der Waals surface area contributed by atoms with Crippen molar-refractivity contribution < 1.29 is 5.11 Å². The van der Waals surface area contributed by atoms with Gasteiger partial charge < -0.3 is 5.11 Å². The molecule has 1 rings (SSSR count). The van der Waals surface area contributed by atoms with Gasteiger partial charge in [-0.15, -0.1) is 11.3 Å². The van der Waals surface area contributed by atoms with Gasteiger partial charge in [0.25, 0.3) is 0 Å². The summed E-state index contributed by atoms with van der Waals surface area (Å²) >= 11 is 3.66. The zero-order valence-corrected chi connectivity index (χ0v) is 10.5. The van der Waals surface area contributed by atoms with Gasteiger partial charge in [0.05, 0.1) is 10.7 Å². The Bertz CT molecular complexity index is 286. The van der Waals surface area contributed by atoms with Crippen LogP contribution in [-0.4, -0.2) is 22.5 Å². The molecule has 80 valence electrons. The Morgan fingerprint density at radius 1 is 1.50 bits per heavy atom. The third-order valence-corrected chi connectivity index (χ3v) is 4.50. The van der Waals surface area contributed by atoms with Crippen molar-refractivity contribution in [3.63, 3.8) is 0 Å². The van der Waals surface area contributed by atoms with Crippen LogP contribution in [0.2, 0.25) is 0 Å². The van der Waals surface area contributed by atoms with Gasteiger partial charge in [-0.1, -0.05) is 6.92 Å². The van der Waals surface area contributed by atoms with Crippen molar-refractivity contribution in [1.29, 1.82) is 0 Å². The molecule has 1 unspecified atom stereocenters. The van der Waals surface area contributed by atoms with E-state index in [1.165, 1.54) is 4.88 Å². The molecule has 1 aromatic rings. The highest BCUT2D eigenvalue weighted by molar-refractivity contribution is 7.98. The van der Waals surface area contributed by atoms with Crippen LogP contribution in [0.25, 0.3) is 0 Å². The summed E-state index contributed by atoms with van der Waals surface area (Å²) in [6.07, 6.45) is 0. The van der Waals surface area contributed by atoms with Crippen LogP contribution in [0.3, 0.4) is 0 Å². The molecule has 0 aromatic carbocycles. The number of aliphatic hydroxyl groups excluding tert-OH is 1. The maximum atomic E-state index is 8.87. The smallest absolute Gasteiger partial charge is 0.0900 e. The minimum absolute atomic E-state index is 0.285. The van der Waals surface area contributed by atoms with E-state index in [0.29, 0.717) is 5.92 Å². The van der Waals surface area contributed by atoms with Crippen LogP contribution >= 0.6 is 23.1 Å². The Hall–Kier alpha value is -0.0600. The van der Waals surface area contributed by atoms with Crippen molar-refractivity contribution in [2.75, 3.05) is 12.4 Å². The quantitative estimate of drug-likeness (QED) is 0.845. The number of nitrogens with zero attached hydrogens (tertiary/aromatic N) is 1. The van der Waals surface area contributed by atoms with Gasteiger partial charge in [0.1, 0.15) is 0 Å². The molecular weight excluding hydrogens is 214 g/mol. The Morgan fingerprint density at radius 3 is 2.71 bits per heavy atom. The molecule has 1 N–H and O–H groups in total. The Kier molecular flexibility index (Phi) is 4.92. The van der Waals surface area contributed by atoms with Crippen LogP contribution in [-0.2, 0) is 5.75 Å². The first-order valence-electron chi connectivity index (χ1n) is 4.75. The fraction of sp³-hybridized carbons (Fsp3) is 0.700. The number of aryl methyl sites for hydroxylation is 2. The maximum Gasteiger partial charge on any atom is 0.0900 e. The fourth-order valence-electron chi connectivity index (χ4n) is 1.11. The molecule has 0 saturated carbocycles. The van der Waals surface area contributed by atoms with Gasteiger partial charge in [-0.25, -0.2) is 4.98 Å². The van der Waals surface area contributed by atoms with Gasteiger partial charge in [0.15, 0.2) is 0 Å². The average molecular weight is 231 g/mol. The molecule has 2 nitrogen and oxygen atoms in total. The third kappa shape index (κ3) is 3.59. The molecule has 0 saturated heterocycles. The van der Waals surface area contributed by atoms with E-state index in [9.17, 15) is 0 Å². The number of rotatable bonds is 5. The largest absolute Gasteiger partial charge is 0.396 e. The summed E-state index contributed by atoms with van der Waals surface area (Å²) < 4.78 is 0. The van der Waals surface area contributed by atoms with Crippen LogP contribution in [0.5, 0.6) is 0 Å². The molecule has 0 aliphatic rings. The summed E-state index contributed by atoms with van der Waals surface area (Å²) in [5.41, 5.74) is 1.16. The van der Waals surface area contributed by atoms with Gasteiger partial charge in [0.2, 0.25) is 0 Å². The summed E-state index contributed by atoms with van der Waals surface area (Å²) in [4.78, 5) is 5.76. The molecule has 1 heterocycles. The molecule has 0 aliphatic carbocycles. The summed E-state index contributed by atoms with van der Waals surface area (Å²) in [5.74, 6) is 2.45. The summed E-state index contributed by atoms with van der Waals surface area (Å²) in [7, 11) is 0. The molecule has 1 aromatic heterocycles. The summed E-state index contributed by atoms with van der Waals surface area (Å²) in [6, 6.07) is 0. The van der Waals surface area contributed by atoms with Gasteiger partial charge in [-0.05, 0) is 25.5 Å². The van der Waals surface area contributed by atoms with Crippen molar-refractivity contribution in [1.82, 2.24) is 4.98 Å². The molecule has 14 heavy (non-hydrogen) atoms. The van der Waals surface area contributed by atoms with Gasteiger partial charge >= 0.3 is 0 Å². The number of aliphatic hydroxyl groups is 1. The predicted octanol–water partition coefficient (Wildman–Crippen LogP) is 2.62. The highest BCUT2D eigenvalue weighted by Crippen LogP contribution is 2.23. The molecule has 4 heteroatoms. The van der Waals surface area contributed by atoms with E-state index in [1.807, 2.05) is 18.7 Å². The first-order valence-corrected chi connectivity index (χ1v) is 6.72.